The molecule has 1 aliphatic rings. The minimum Gasteiger partial charge on any atom is -0.469 e. The SMILES string of the molecule is COC(=O)CCCC(=O)NNC(=O)OCC1c2ccccc2-c2ccccc21. The van der Waals surface area contributed by atoms with Crippen LogP contribution < -0.4 is 10.9 Å². The first-order valence-corrected chi connectivity index (χ1v) is 9.06. The van der Waals surface area contributed by atoms with E-state index in [9.17, 15) is 14.4 Å². The second-order valence-electron chi connectivity index (χ2n) is 6.43. The molecule has 1 aliphatic carbocycles. The van der Waals surface area contributed by atoms with E-state index in [2.05, 4.69) is 27.7 Å². The van der Waals surface area contributed by atoms with Gasteiger partial charge in [-0.3, -0.25) is 15.0 Å². The fraction of sp³-hybridized carbons (Fsp3) is 0.286. The Hall–Kier alpha value is -3.35. The molecule has 0 bridgehead atoms. The molecule has 0 radical (unpaired) electrons. The summed E-state index contributed by atoms with van der Waals surface area (Å²) in [4.78, 5) is 34.6. The number of nitrogens with one attached hydrogen (secondary N) is 2. The lowest BCUT2D eigenvalue weighted by atomic mass is 9.98. The van der Waals surface area contributed by atoms with E-state index in [0.29, 0.717) is 6.42 Å². The molecule has 2 amide bonds. The number of hydrogen-bond donors (Lipinski definition) is 2. The van der Waals surface area contributed by atoms with Crippen molar-refractivity contribution in [2.24, 2.45) is 0 Å². The molecule has 0 spiro atoms. The standard InChI is InChI=1S/C21H22N2O5/c1-27-20(25)12-6-11-19(24)22-23-21(26)28-13-18-16-9-4-2-7-14(16)15-8-3-5-10-17(15)18/h2-5,7-10,18H,6,11-13H2,1H3,(H,22,24)(H,23,26). The van der Waals surface area contributed by atoms with Crippen LogP contribution >= 0.6 is 0 Å². The molecule has 7 heteroatoms. The van der Waals surface area contributed by atoms with Crippen molar-refractivity contribution in [3.63, 3.8) is 0 Å². The Kier molecular flexibility index (Phi) is 6.26. The third-order valence-corrected chi connectivity index (χ3v) is 4.66. The number of carbonyl (C=O) groups excluding carboxylic acids is 3. The van der Waals surface area contributed by atoms with E-state index in [-0.39, 0.29) is 31.3 Å². The van der Waals surface area contributed by atoms with Gasteiger partial charge in [-0.1, -0.05) is 48.5 Å². The van der Waals surface area contributed by atoms with Gasteiger partial charge in [0.25, 0.3) is 0 Å². The molecule has 146 valence electrons. The molecule has 0 saturated carbocycles. The molecular formula is C21H22N2O5. The van der Waals surface area contributed by atoms with Gasteiger partial charge in [-0.2, -0.15) is 0 Å². The van der Waals surface area contributed by atoms with Gasteiger partial charge in [-0.15, -0.1) is 0 Å². The molecule has 0 atom stereocenters. The van der Waals surface area contributed by atoms with Gasteiger partial charge in [0.05, 0.1) is 7.11 Å². The number of hydrazine groups is 1. The number of carbonyl (C=O) groups is 3. The largest absolute Gasteiger partial charge is 0.469 e. The first-order valence-electron chi connectivity index (χ1n) is 9.06. The number of esters is 1. The maximum atomic E-state index is 11.9. The highest BCUT2D eigenvalue weighted by Gasteiger charge is 2.28. The normalized spacial score (nSPS) is 11.9. The second kappa shape index (κ2) is 9.03. The van der Waals surface area contributed by atoms with Crippen molar-refractivity contribution in [3.8, 4) is 11.1 Å². The van der Waals surface area contributed by atoms with Gasteiger partial charge < -0.3 is 9.47 Å². The molecular weight excluding hydrogens is 360 g/mol. The number of hydrogen-bond acceptors (Lipinski definition) is 5. The van der Waals surface area contributed by atoms with Crippen LogP contribution in [0.3, 0.4) is 0 Å². The average Bonchev–Trinajstić information content (AvgIpc) is 3.04. The molecule has 0 fully saturated rings. The average molecular weight is 382 g/mol. The highest BCUT2D eigenvalue weighted by Crippen LogP contribution is 2.44. The van der Waals surface area contributed by atoms with Gasteiger partial charge in [-0.05, 0) is 28.7 Å². The summed E-state index contributed by atoms with van der Waals surface area (Å²) in [5, 5.41) is 0. The zero-order chi connectivity index (χ0) is 19.9. The van der Waals surface area contributed by atoms with E-state index in [0.717, 1.165) is 22.3 Å². The summed E-state index contributed by atoms with van der Waals surface area (Å²) in [6, 6.07) is 16.1. The van der Waals surface area contributed by atoms with Crippen LogP contribution in [0.25, 0.3) is 11.1 Å². The van der Waals surface area contributed by atoms with Gasteiger partial charge in [-0.25, -0.2) is 10.2 Å². The van der Waals surface area contributed by atoms with Gasteiger partial charge >= 0.3 is 12.1 Å². The molecule has 0 heterocycles. The Morgan fingerprint density at radius 1 is 0.893 bits per heavy atom. The summed E-state index contributed by atoms with van der Waals surface area (Å²) in [7, 11) is 1.29. The van der Waals surface area contributed by atoms with Gasteiger partial charge in [0, 0.05) is 18.8 Å². The van der Waals surface area contributed by atoms with Crippen molar-refractivity contribution >= 4 is 18.0 Å². The van der Waals surface area contributed by atoms with Crippen molar-refractivity contribution in [1.29, 1.82) is 0 Å². The zero-order valence-electron chi connectivity index (χ0n) is 15.6. The Morgan fingerprint density at radius 2 is 1.50 bits per heavy atom. The molecule has 2 aromatic rings. The summed E-state index contributed by atoms with van der Waals surface area (Å²) >= 11 is 0. The summed E-state index contributed by atoms with van der Waals surface area (Å²) in [5.74, 6) is -0.830. The van der Waals surface area contributed by atoms with Gasteiger partial charge in [0.1, 0.15) is 6.61 Å². The van der Waals surface area contributed by atoms with Crippen molar-refractivity contribution in [1.82, 2.24) is 10.9 Å². The lowest BCUT2D eigenvalue weighted by Crippen LogP contribution is -2.42. The summed E-state index contributed by atoms with van der Waals surface area (Å²) in [6.45, 7) is 0.165. The van der Waals surface area contributed by atoms with Crippen molar-refractivity contribution < 1.29 is 23.9 Å². The number of fused-ring (bicyclic) bond motifs is 3. The predicted molar refractivity (Wildman–Crippen MR) is 102 cm³/mol. The van der Waals surface area contributed by atoms with E-state index in [1.807, 2.05) is 36.4 Å². The number of rotatable bonds is 6. The van der Waals surface area contributed by atoms with Crippen LogP contribution in [-0.2, 0) is 19.1 Å². The molecule has 0 unspecified atom stereocenters. The third kappa shape index (κ3) is 4.49. The lowest BCUT2D eigenvalue weighted by molar-refractivity contribution is -0.140. The zero-order valence-corrected chi connectivity index (χ0v) is 15.6. The number of benzene rings is 2. The first kappa shape index (κ1) is 19.4. The van der Waals surface area contributed by atoms with Crippen LogP contribution in [0.1, 0.15) is 36.3 Å². The molecule has 0 aliphatic heterocycles. The minimum absolute atomic E-state index is 0.0473. The van der Waals surface area contributed by atoms with E-state index in [1.165, 1.54) is 7.11 Å². The maximum absolute atomic E-state index is 11.9. The molecule has 2 N–H and O–H groups in total. The molecule has 7 nitrogen and oxygen atoms in total. The van der Waals surface area contributed by atoms with Crippen molar-refractivity contribution in [2.45, 2.75) is 25.2 Å². The highest BCUT2D eigenvalue weighted by molar-refractivity contribution is 5.80. The predicted octanol–water partition coefficient (Wildman–Crippen LogP) is 2.90. The van der Waals surface area contributed by atoms with Gasteiger partial charge in [0.15, 0.2) is 0 Å². The van der Waals surface area contributed by atoms with Crippen LogP contribution in [0.4, 0.5) is 4.79 Å². The first-order chi connectivity index (χ1) is 13.6. The number of ether oxygens (including phenoxy) is 2. The van der Waals surface area contributed by atoms with Crippen LogP contribution in [0.5, 0.6) is 0 Å². The van der Waals surface area contributed by atoms with Crippen LogP contribution in [0.2, 0.25) is 0 Å². The van der Waals surface area contributed by atoms with Crippen LogP contribution in [0.15, 0.2) is 48.5 Å². The fourth-order valence-corrected chi connectivity index (χ4v) is 3.31. The smallest absolute Gasteiger partial charge is 0.426 e. The molecule has 28 heavy (non-hydrogen) atoms. The second-order valence-corrected chi connectivity index (χ2v) is 6.43. The third-order valence-electron chi connectivity index (χ3n) is 4.66. The van der Waals surface area contributed by atoms with E-state index in [4.69, 9.17) is 4.74 Å². The van der Waals surface area contributed by atoms with Gasteiger partial charge in [0.2, 0.25) is 5.91 Å². The monoisotopic (exact) mass is 382 g/mol. The summed E-state index contributed by atoms with van der Waals surface area (Å²) < 4.78 is 9.81. The molecule has 0 aromatic heterocycles. The van der Waals surface area contributed by atoms with Crippen molar-refractivity contribution in [2.75, 3.05) is 13.7 Å². The summed E-state index contributed by atoms with van der Waals surface area (Å²) in [5.41, 5.74) is 9.02. The maximum Gasteiger partial charge on any atom is 0.426 e. The van der Waals surface area contributed by atoms with Crippen molar-refractivity contribution in [3.05, 3.63) is 59.7 Å². The fourth-order valence-electron chi connectivity index (χ4n) is 3.31. The number of methoxy groups -OCH3 is 1. The Balaban J connectivity index is 1.49. The van der Waals surface area contributed by atoms with Crippen LogP contribution in [-0.4, -0.2) is 31.7 Å². The lowest BCUT2D eigenvalue weighted by Gasteiger charge is -2.14. The van der Waals surface area contributed by atoms with E-state index < -0.39 is 12.0 Å². The Bertz CT molecular complexity index is 835. The Labute approximate surface area is 163 Å². The summed E-state index contributed by atoms with van der Waals surface area (Å²) in [6.07, 6.45) is -0.151. The Morgan fingerprint density at radius 3 is 2.11 bits per heavy atom. The number of amides is 2. The molecule has 2 aromatic carbocycles. The van der Waals surface area contributed by atoms with Crippen LogP contribution in [0, 0.1) is 0 Å². The minimum atomic E-state index is -0.733. The topological polar surface area (TPSA) is 93.7 Å². The van der Waals surface area contributed by atoms with E-state index >= 15 is 0 Å². The highest BCUT2D eigenvalue weighted by atomic mass is 16.6. The molecule has 3 rings (SSSR count). The van der Waals surface area contributed by atoms with E-state index in [1.54, 1.807) is 0 Å². The quantitative estimate of drug-likeness (QED) is 0.592. The molecule has 0 saturated heterocycles.